The minimum absolute atomic E-state index is 0.0359. The monoisotopic (exact) mass is 483 g/mol. The molecule has 2 aromatic heterocycles. The number of likely N-dealkylation sites (tertiary alicyclic amines) is 1. The molecule has 0 aliphatic carbocycles. The second-order valence-electron chi connectivity index (χ2n) is 9.83. The second-order valence-corrected chi connectivity index (χ2v) is 9.83. The maximum atomic E-state index is 13.4. The molecule has 0 saturated carbocycles. The van der Waals surface area contributed by atoms with Crippen LogP contribution in [0.5, 0.6) is 0 Å². The maximum absolute atomic E-state index is 13.4. The van der Waals surface area contributed by atoms with Gasteiger partial charge in [-0.2, -0.15) is 0 Å². The topological polar surface area (TPSA) is 82.7 Å². The number of aromatic nitrogens is 2. The summed E-state index contributed by atoms with van der Waals surface area (Å²) in [5.74, 6) is -0.137. The van der Waals surface area contributed by atoms with Gasteiger partial charge in [-0.25, -0.2) is 0 Å². The van der Waals surface area contributed by atoms with Crippen molar-refractivity contribution < 1.29 is 14.7 Å². The predicted octanol–water partition coefficient (Wildman–Crippen LogP) is 3.27. The minimum Gasteiger partial charge on any atom is -0.388 e. The van der Waals surface area contributed by atoms with Gasteiger partial charge < -0.3 is 24.9 Å². The number of nitrogens with one attached hydrogen (secondary N) is 1. The summed E-state index contributed by atoms with van der Waals surface area (Å²) < 4.78 is 3.85. The Hall–Kier alpha value is -4.04. The number of aliphatic hydroxyl groups is 1. The third-order valence-corrected chi connectivity index (χ3v) is 7.51. The van der Waals surface area contributed by atoms with Crippen molar-refractivity contribution in [3.05, 3.63) is 84.2 Å². The number of β-amino-alcohol motifs (C(OH)–C–C–N with tert-alkyl or cyclic N) is 1. The Morgan fingerprint density at radius 2 is 1.81 bits per heavy atom. The zero-order valence-corrected chi connectivity index (χ0v) is 20.2. The largest absolute Gasteiger partial charge is 0.388 e. The molecule has 0 unspecified atom stereocenters. The van der Waals surface area contributed by atoms with Crippen molar-refractivity contribution in [3.63, 3.8) is 0 Å². The van der Waals surface area contributed by atoms with Crippen LogP contribution in [-0.4, -0.2) is 67.9 Å². The number of hydrogen-bond donors (Lipinski definition) is 2. The molecule has 2 N–H and O–H groups in total. The molecule has 0 radical (unpaired) electrons. The van der Waals surface area contributed by atoms with E-state index in [1.54, 1.807) is 26.7 Å². The van der Waals surface area contributed by atoms with Crippen molar-refractivity contribution in [2.45, 2.75) is 18.4 Å². The van der Waals surface area contributed by atoms with Gasteiger partial charge in [0.05, 0.1) is 12.1 Å². The van der Waals surface area contributed by atoms with Crippen LogP contribution in [0.1, 0.15) is 33.7 Å². The number of para-hydroxylation sites is 1. The molecule has 0 atom stereocenters. The van der Waals surface area contributed by atoms with Crippen LogP contribution in [0.15, 0.2) is 72.9 Å². The normalized spacial score (nSPS) is 17.2. The van der Waals surface area contributed by atoms with E-state index in [0.29, 0.717) is 43.9 Å². The third-order valence-electron chi connectivity index (χ3n) is 7.51. The fourth-order valence-corrected chi connectivity index (χ4v) is 5.42. The Morgan fingerprint density at radius 1 is 1.00 bits per heavy atom. The highest BCUT2D eigenvalue weighted by Gasteiger charge is 2.38. The van der Waals surface area contributed by atoms with E-state index in [1.807, 2.05) is 49.5 Å². The first-order valence-electron chi connectivity index (χ1n) is 12.3. The van der Waals surface area contributed by atoms with Gasteiger partial charge in [-0.05, 0) is 54.8 Å². The number of hydrogen-bond acceptors (Lipinski definition) is 4. The number of benzene rings is 2. The number of carbonyl (C=O) groups excluding carboxylic acids is 2. The lowest BCUT2D eigenvalue weighted by atomic mass is 9.90. The van der Waals surface area contributed by atoms with Crippen LogP contribution in [0.25, 0.3) is 22.2 Å². The Labute approximate surface area is 209 Å². The van der Waals surface area contributed by atoms with Crippen LogP contribution in [-0.2, 0) is 7.05 Å². The van der Waals surface area contributed by atoms with Gasteiger partial charge in [0.25, 0.3) is 11.8 Å². The van der Waals surface area contributed by atoms with E-state index < -0.39 is 5.60 Å². The standard InChI is InChI=1S/C28H29N5O3/c1-30-23-9-3-2-6-21(23)17-25(30)20-7-4-8-22(16-20)26(34)31-14-11-28(36,12-15-31)18-32-19-29-33-13-5-10-24(33)27(32)35/h2-10,13,16-17,29,36H,11-12,14-15,18-19H2,1H3. The average Bonchev–Trinajstić information content (AvgIpc) is 3.51. The fourth-order valence-electron chi connectivity index (χ4n) is 5.42. The first-order valence-corrected chi connectivity index (χ1v) is 12.3. The summed E-state index contributed by atoms with van der Waals surface area (Å²) in [6, 6.07) is 21.7. The van der Waals surface area contributed by atoms with Crippen LogP contribution >= 0.6 is 0 Å². The van der Waals surface area contributed by atoms with Gasteiger partial charge in [-0.3, -0.25) is 14.3 Å². The van der Waals surface area contributed by atoms with Crippen LogP contribution < -0.4 is 5.43 Å². The summed E-state index contributed by atoms with van der Waals surface area (Å²) in [5.41, 5.74) is 6.53. The fraction of sp³-hybridized carbons (Fsp3) is 0.286. The molecular formula is C28H29N5O3. The van der Waals surface area contributed by atoms with Crippen LogP contribution in [0, 0.1) is 0 Å². The molecule has 0 bridgehead atoms. The van der Waals surface area contributed by atoms with Gasteiger partial charge in [0, 0.05) is 48.5 Å². The van der Waals surface area contributed by atoms with E-state index in [4.69, 9.17) is 0 Å². The number of amides is 2. The Balaban J connectivity index is 1.14. The molecule has 8 heteroatoms. The molecule has 2 aliphatic heterocycles. The van der Waals surface area contributed by atoms with E-state index in [2.05, 4.69) is 28.2 Å². The summed E-state index contributed by atoms with van der Waals surface area (Å²) in [7, 11) is 2.04. The summed E-state index contributed by atoms with van der Waals surface area (Å²) >= 11 is 0. The van der Waals surface area contributed by atoms with Gasteiger partial charge in [-0.1, -0.05) is 30.3 Å². The Kier molecular flexibility index (Phi) is 5.34. The van der Waals surface area contributed by atoms with E-state index in [0.717, 1.165) is 22.2 Å². The van der Waals surface area contributed by atoms with Crippen molar-refractivity contribution in [1.82, 2.24) is 19.0 Å². The van der Waals surface area contributed by atoms with Crippen LogP contribution in [0.3, 0.4) is 0 Å². The summed E-state index contributed by atoms with van der Waals surface area (Å²) in [6.45, 7) is 1.47. The lowest BCUT2D eigenvalue weighted by Gasteiger charge is -2.42. The molecular weight excluding hydrogens is 454 g/mol. The van der Waals surface area contributed by atoms with Crippen LogP contribution in [0.4, 0.5) is 0 Å². The van der Waals surface area contributed by atoms with Gasteiger partial charge in [-0.15, -0.1) is 0 Å². The minimum atomic E-state index is -1.02. The zero-order chi connectivity index (χ0) is 24.9. The van der Waals surface area contributed by atoms with E-state index in [-0.39, 0.29) is 18.4 Å². The zero-order valence-electron chi connectivity index (χ0n) is 20.2. The number of fused-ring (bicyclic) bond motifs is 2. The number of carbonyl (C=O) groups is 2. The first kappa shape index (κ1) is 22.4. The van der Waals surface area contributed by atoms with E-state index in [1.165, 1.54) is 0 Å². The molecule has 8 nitrogen and oxygen atoms in total. The highest BCUT2D eigenvalue weighted by molar-refractivity contribution is 5.96. The molecule has 1 fully saturated rings. The molecule has 184 valence electrons. The molecule has 36 heavy (non-hydrogen) atoms. The van der Waals surface area contributed by atoms with E-state index >= 15 is 0 Å². The second kappa shape index (κ2) is 8.57. The first-order chi connectivity index (χ1) is 17.4. The molecule has 1 saturated heterocycles. The van der Waals surface area contributed by atoms with Gasteiger partial charge in [0.15, 0.2) is 0 Å². The quantitative estimate of drug-likeness (QED) is 0.467. The smallest absolute Gasteiger partial charge is 0.273 e. The molecule has 0 spiro atoms. The number of nitrogens with zero attached hydrogens (tertiary/aromatic N) is 4. The summed E-state index contributed by atoms with van der Waals surface area (Å²) in [5, 5.41) is 12.4. The lowest BCUT2D eigenvalue weighted by Crippen LogP contribution is -2.56. The predicted molar refractivity (Wildman–Crippen MR) is 138 cm³/mol. The van der Waals surface area contributed by atoms with Crippen molar-refractivity contribution >= 4 is 22.7 Å². The highest BCUT2D eigenvalue weighted by atomic mass is 16.3. The lowest BCUT2D eigenvalue weighted by molar-refractivity contribution is -0.0369. The maximum Gasteiger partial charge on any atom is 0.273 e. The molecule has 2 amide bonds. The van der Waals surface area contributed by atoms with Crippen LogP contribution in [0.2, 0.25) is 0 Å². The Bertz CT molecular complexity index is 1460. The van der Waals surface area contributed by atoms with Gasteiger partial charge >= 0.3 is 0 Å². The average molecular weight is 484 g/mol. The molecule has 4 aromatic rings. The van der Waals surface area contributed by atoms with Crippen molar-refractivity contribution in [3.8, 4) is 11.3 Å². The molecule has 2 aromatic carbocycles. The highest BCUT2D eigenvalue weighted by Crippen LogP contribution is 2.29. The van der Waals surface area contributed by atoms with E-state index in [9.17, 15) is 14.7 Å². The van der Waals surface area contributed by atoms with Crippen molar-refractivity contribution in [1.29, 1.82) is 0 Å². The SMILES string of the molecule is Cn1c(-c2cccc(C(=O)N3CCC(O)(CN4CNn5cccc5C4=O)CC3)c2)cc2ccccc21. The summed E-state index contributed by atoms with van der Waals surface area (Å²) in [4.78, 5) is 29.6. The third kappa shape index (κ3) is 3.83. The van der Waals surface area contributed by atoms with Crippen molar-refractivity contribution in [2.75, 3.05) is 31.7 Å². The van der Waals surface area contributed by atoms with Crippen molar-refractivity contribution in [2.24, 2.45) is 7.05 Å². The molecule has 6 rings (SSSR count). The Morgan fingerprint density at radius 3 is 2.61 bits per heavy atom. The number of aryl methyl sites for hydroxylation is 1. The van der Waals surface area contributed by atoms with Gasteiger partial charge in [0.2, 0.25) is 0 Å². The molecule has 2 aliphatic rings. The summed E-state index contributed by atoms with van der Waals surface area (Å²) in [6.07, 6.45) is 2.65. The number of piperidine rings is 1. The number of rotatable bonds is 4. The van der Waals surface area contributed by atoms with Gasteiger partial charge in [0.1, 0.15) is 12.4 Å². The molecule has 4 heterocycles.